The van der Waals surface area contributed by atoms with Crippen LogP contribution in [0.1, 0.15) is 19.8 Å². The first kappa shape index (κ1) is 12.7. The molecule has 1 saturated carbocycles. The molecule has 0 spiro atoms. The third kappa shape index (κ3) is 2.54. The monoisotopic (exact) mass is 319 g/mol. The van der Waals surface area contributed by atoms with Gasteiger partial charge >= 0.3 is 0 Å². The molecule has 1 aromatic heterocycles. The van der Waals surface area contributed by atoms with Gasteiger partial charge in [-0.15, -0.1) is 0 Å². The number of hydrogen-bond acceptors (Lipinski definition) is 3. The molecule has 0 amide bonds. The molecule has 3 rings (SSSR count). The normalized spacial score (nSPS) is 14.8. The lowest BCUT2D eigenvalue weighted by molar-refractivity contribution is 0.745. The van der Waals surface area contributed by atoms with Crippen molar-refractivity contribution in [3.63, 3.8) is 0 Å². The zero-order valence-corrected chi connectivity index (χ0v) is 12.7. The van der Waals surface area contributed by atoms with Crippen molar-refractivity contribution in [1.82, 2.24) is 4.98 Å². The molecule has 1 heterocycles. The maximum atomic E-state index is 6.19. The van der Waals surface area contributed by atoms with E-state index in [4.69, 9.17) is 5.73 Å². The van der Waals surface area contributed by atoms with Crippen LogP contribution in [0.25, 0.3) is 10.9 Å². The summed E-state index contributed by atoms with van der Waals surface area (Å²) in [6.07, 6.45) is 4.48. The number of halogens is 1. The molecule has 0 radical (unpaired) electrons. The first-order valence-corrected chi connectivity index (χ1v) is 7.57. The highest BCUT2D eigenvalue weighted by molar-refractivity contribution is 9.10. The second-order valence-corrected chi connectivity index (χ2v) is 6.12. The molecule has 1 aliphatic rings. The van der Waals surface area contributed by atoms with E-state index in [1.165, 1.54) is 12.8 Å². The van der Waals surface area contributed by atoms with Crippen LogP contribution in [0.5, 0.6) is 0 Å². The topological polar surface area (TPSA) is 42.1 Å². The average molecular weight is 320 g/mol. The highest BCUT2D eigenvalue weighted by Gasteiger charge is 2.25. The third-order valence-corrected chi connectivity index (χ3v) is 4.20. The summed E-state index contributed by atoms with van der Waals surface area (Å²) in [5.41, 5.74) is 9.10. The molecule has 0 atom stereocenters. The number of fused-ring (bicyclic) bond motifs is 1. The molecular formula is C15H18BrN3. The van der Waals surface area contributed by atoms with Gasteiger partial charge in [0.1, 0.15) is 0 Å². The van der Waals surface area contributed by atoms with Gasteiger partial charge in [-0.1, -0.05) is 15.9 Å². The number of benzene rings is 1. The predicted molar refractivity (Wildman–Crippen MR) is 84.5 cm³/mol. The molecule has 1 fully saturated rings. The highest BCUT2D eigenvalue weighted by Crippen LogP contribution is 2.37. The Morgan fingerprint density at radius 2 is 2.21 bits per heavy atom. The summed E-state index contributed by atoms with van der Waals surface area (Å²) in [6, 6.07) is 6.17. The van der Waals surface area contributed by atoms with E-state index in [1.807, 2.05) is 12.1 Å². The Morgan fingerprint density at radius 3 is 2.89 bits per heavy atom. The molecule has 0 unspecified atom stereocenters. The molecule has 0 saturated heterocycles. The second-order valence-electron chi connectivity index (χ2n) is 5.21. The Hall–Kier alpha value is -1.29. The van der Waals surface area contributed by atoms with Gasteiger partial charge in [-0.3, -0.25) is 4.98 Å². The van der Waals surface area contributed by atoms with E-state index >= 15 is 0 Å². The maximum Gasteiger partial charge on any atom is 0.0745 e. The molecule has 1 aromatic carbocycles. The van der Waals surface area contributed by atoms with Crippen LogP contribution >= 0.6 is 15.9 Å². The number of nitrogens with two attached hydrogens (primary N) is 1. The van der Waals surface area contributed by atoms with Gasteiger partial charge < -0.3 is 10.6 Å². The SMILES string of the molecule is CCN(CC1CC1)c1c(N)cnc2ccc(Br)cc12. The number of nitrogens with zero attached hydrogens (tertiary/aromatic N) is 2. The minimum absolute atomic E-state index is 0.771. The van der Waals surface area contributed by atoms with Crippen LogP contribution in [0.15, 0.2) is 28.9 Å². The van der Waals surface area contributed by atoms with E-state index in [2.05, 4.69) is 38.8 Å². The van der Waals surface area contributed by atoms with E-state index in [9.17, 15) is 0 Å². The minimum atomic E-state index is 0.771. The molecule has 0 bridgehead atoms. The fourth-order valence-electron chi connectivity index (χ4n) is 2.51. The van der Waals surface area contributed by atoms with Crippen molar-refractivity contribution in [3.8, 4) is 0 Å². The molecule has 100 valence electrons. The Kier molecular flexibility index (Phi) is 3.35. The van der Waals surface area contributed by atoms with Crippen LogP contribution in [0.4, 0.5) is 11.4 Å². The third-order valence-electron chi connectivity index (χ3n) is 3.70. The fraction of sp³-hybridized carbons (Fsp3) is 0.400. The van der Waals surface area contributed by atoms with Gasteiger partial charge in [0.05, 0.1) is 23.1 Å². The van der Waals surface area contributed by atoms with Crippen molar-refractivity contribution in [3.05, 3.63) is 28.9 Å². The lowest BCUT2D eigenvalue weighted by atomic mass is 10.1. The number of hydrogen-bond donors (Lipinski definition) is 1. The summed E-state index contributed by atoms with van der Waals surface area (Å²) in [5.74, 6) is 0.842. The van der Waals surface area contributed by atoms with Crippen molar-refractivity contribution in [2.75, 3.05) is 23.7 Å². The Balaban J connectivity index is 2.12. The van der Waals surface area contributed by atoms with Crippen LogP contribution in [0.2, 0.25) is 0 Å². The van der Waals surface area contributed by atoms with Crippen molar-refractivity contribution in [2.24, 2.45) is 5.92 Å². The Bertz CT molecular complexity index is 602. The van der Waals surface area contributed by atoms with Crippen LogP contribution in [-0.2, 0) is 0 Å². The number of rotatable bonds is 4. The van der Waals surface area contributed by atoms with Gasteiger partial charge in [0.15, 0.2) is 0 Å². The summed E-state index contributed by atoms with van der Waals surface area (Å²) in [4.78, 5) is 6.81. The minimum Gasteiger partial charge on any atom is -0.396 e. The highest BCUT2D eigenvalue weighted by atomic mass is 79.9. The smallest absolute Gasteiger partial charge is 0.0745 e. The van der Waals surface area contributed by atoms with Crippen molar-refractivity contribution < 1.29 is 0 Å². The van der Waals surface area contributed by atoms with E-state index in [1.54, 1.807) is 6.20 Å². The van der Waals surface area contributed by atoms with Gasteiger partial charge in [-0.25, -0.2) is 0 Å². The number of pyridine rings is 1. The fourth-order valence-corrected chi connectivity index (χ4v) is 2.87. The van der Waals surface area contributed by atoms with Crippen molar-refractivity contribution in [2.45, 2.75) is 19.8 Å². The van der Waals surface area contributed by atoms with E-state index in [-0.39, 0.29) is 0 Å². The van der Waals surface area contributed by atoms with Gasteiger partial charge in [-0.2, -0.15) is 0 Å². The largest absolute Gasteiger partial charge is 0.396 e. The Labute approximate surface area is 121 Å². The second kappa shape index (κ2) is 5.00. The molecule has 1 aliphatic carbocycles. The van der Waals surface area contributed by atoms with Gasteiger partial charge in [-0.05, 0) is 43.9 Å². The van der Waals surface area contributed by atoms with E-state index < -0.39 is 0 Å². The van der Waals surface area contributed by atoms with Crippen molar-refractivity contribution >= 4 is 38.2 Å². The predicted octanol–water partition coefficient (Wildman–Crippen LogP) is 3.82. The quantitative estimate of drug-likeness (QED) is 0.931. The lowest BCUT2D eigenvalue weighted by Crippen LogP contribution is -2.26. The summed E-state index contributed by atoms with van der Waals surface area (Å²) in [5, 5.41) is 1.14. The molecule has 4 heteroatoms. The summed E-state index contributed by atoms with van der Waals surface area (Å²) in [7, 11) is 0. The van der Waals surface area contributed by atoms with E-state index in [0.717, 1.165) is 45.8 Å². The molecule has 2 N–H and O–H groups in total. The zero-order chi connectivity index (χ0) is 13.4. The van der Waals surface area contributed by atoms with Crippen LogP contribution in [0, 0.1) is 5.92 Å². The number of nitrogen functional groups attached to an aromatic ring is 1. The summed E-state index contributed by atoms with van der Waals surface area (Å²) >= 11 is 3.54. The van der Waals surface area contributed by atoms with Crippen molar-refractivity contribution in [1.29, 1.82) is 0 Å². The van der Waals surface area contributed by atoms with Crippen LogP contribution in [0.3, 0.4) is 0 Å². The molecule has 0 aliphatic heterocycles. The number of anilines is 2. The first-order chi connectivity index (χ1) is 9.19. The lowest BCUT2D eigenvalue weighted by Gasteiger charge is -2.26. The van der Waals surface area contributed by atoms with Gasteiger partial charge in [0.25, 0.3) is 0 Å². The summed E-state index contributed by atoms with van der Waals surface area (Å²) < 4.78 is 1.07. The van der Waals surface area contributed by atoms with Gasteiger partial charge in [0, 0.05) is 22.9 Å². The molecule has 19 heavy (non-hydrogen) atoms. The number of aromatic nitrogens is 1. The zero-order valence-electron chi connectivity index (χ0n) is 11.1. The molecular weight excluding hydrogens is 302 g/mol. The standard InChI is InChI=1S/C15H18BrN3/c1-2-19(9-10-3-4-10)15-12-7-11(16)5-6-14(12)18-8-13(15)17/h5-8,10H,2-4,9,17H2,1H3. The average Bonchev–Trinajstić information content (AvgIpc) is 3.20. The van der Waals surface area contributed by atoms with Crippen LogP contribution in [-0.4, -0.2) is 18.1 Å². The molecule has 2 aromatic rings. The summed E-state index contributed by atoms with van der Waals surface area (Å²) in [6.45, 7) is 4.27. The molecule has 3 nitrogen and oxygen atoms in total. The van der Waals surface area contributed by atoms with Crippen LogP contribution < -0.4 is 10.6 Å². The van der Waals surface area contributed by atoms with E-state index in [0.29, 0.717) is 0 Å². The Morgan fingerprint density at radius 1 is 1.42 bits per heavy atom. The maximum absolute atomic E-state index is 6.19. The van der Waals surface area contributed by atoms with Gasteiger partial charge in [0.2, 0.25) is 0 Å². The first-order valence-electron chi connectivity index (χ1n) is 6.77.